The highest BCUT2D eigenvalue weighted by atomic mass is 32.2. The summed E-state index contributed by atoms with van der Waals surface area (Å²) in [6, 6.07) is 25.5. The van der Waals surface area contributed by atoms with Gasteiger partial charge in [0.05, 0.1) is 5.75 Å². The molecule has 0 spiro atoms. The van der Waals surface area contributed by atoms with Crippen molar-refractivity contribution in [3.05, 3.63) is 90.0 Å². The monoisotopic (exact) mass is 390 g/mol. The van der Waals surface area contributed by atoms with E-state index in [-0.39, 0.29) is 11.8 Å². The molecule has 0 saturated heterocycles. The molecule has 5 heteroatoms. The van der Waals surface area contributed by atoms with Gasteiger partial charge < -0.3 is 10.6 Å². The first-order valence-corrected chi connectivity index (χ1v) is 10.0. The summed E-state index contributed by atoms with van der Waals surface area (Å²) < 4.78 is 0. The Morgan fingerprint density at radius 3 is 2.21 bits per heavy atom. The summed E-state index contributed by atoms with van der Waals surface area (Å²) in [5.41, 5.74) is 3.89. The van der Waals surface area contributed by atoms with E-state index < -0.39 is 0 Å². The van der Waals surface area contributed by atoms with E-state index in [0.717, 1.165) is 28.3 Å². The van der Waals surface area contributed by atoms with Crippen LogP contribution in [-0.4, -0.2) is 17.6 Å². The molecule has 2 amide bonds. The highest BCUT2D eigenvalue weighted by Crippen LogP contribution is 2.22. The Hall–Kier alpha value is -3.05. The lowest BCUT2D eigenvalue weighted by Crippen LogP contribution is -2.15. The van der Waals surface area contributed by atoms with Crippen molar-refractivity contribution in [2.24, 2.45) is 0 Å². The Morgan fingerprint density at radius 1 is 0.821 bits per heavy atom. The van der Waals surface area contributed by atoms with Gasteiger partial charge in [-0.3, -0.25) is 9.59 Å². The molecule has 3 rings (SSSR count). The number of hydrogen-bond acceptors (Lipinski definition) is 3. The molecular weight excluding hydrogens is 368 g/mol. The fraction of sp³-hybridized carbons (Fsp3) is 0.130. The van der Waals surface area contributed by atoms with Gasteiger partial charge in [0, 0.05) is 23.2 Å². The van der Waals surface area contributed by atoms with Crippen LogP contribution >= 0.6 is 11.8 Å². The summed E-state index contributed by atoms with van der Waals surface area (Å²) in [7, 11) is 0. The SMILES string of the molecule is CC(=O)Nc1ccc(SCC(=O)Nc2ccccc2Cc2ccccc2)cc1. The Balaban J connectivity index is 1.57. The average Bonchev–Trinajstić information content (AvgIpc) is 2.69. The number of carbonyl (C=O) groups excluding carboxylic acids is 2. The summed E-state index contributed by atoms with van der Waals surface area (Å²) >= 11 is 1.46. The average molecular weight is 391 g/mol. The highest BCUT2D eigenvalue weighted by molar-refractivity contribution is 8.00. The molecule has 2 N–H and O–H groups in total. The molecule has 3 aromatic carbocycles. The van der Waals surface area contributed by atoms with Gasteiger partial charge in [-0.25, -0.2) is 0 Å². The molecule has 0 aliphatic rings. The van der Waals surface area contributed by atoms with E-state index in [4.69, 9.17) is 0 Å². The van der Waals surface area contributed by atoms with Crippen molar-refractivity contribution in [2.45, 2.75) is 18.2 Å². The maximum Gasteiger partial charge on any atom is 0.234 e. The van der Waals surface area contributed by atoms with Crippen LogP contribution in [0.1, 0.15) is 18.1 Å². The second-order valence-corrected chi connectivity index (χ2v) is 7.41. The molecule has 4 nitrogen and oxygen atoms in total. The van der Waals surface area contributed by atoms with Crippen molar-refractivity contribution < 1.29 is 9.59 Å². The molecule has 0 fully saturated rings. The highest BCUT2D eigenvalue weighted by Gasteiger charge is 2.08. The number of carbonyl (C=O) groups is 2. The lowest BCUT2D eigenvalue weighted by Gasteiger charge is -2.11. The summed E-state index contributed by atoms with van der Waals surface area (Å²) in [6.07, 6.45) is 0.773. The van der Waals surface area contributed by atoms with Crippen LogP contribution in [0.25, 0.3) is 0 Å². The largest absolute Gasteiger partial charge is 0.326 e. The van der Waals surface area contributed by atoms with Crippen LogP contribution < -0.4 is 10.6 Å². The zero-order chi connectivity index (χ0) is 19.8. The lowest BCUT2D eigenvalue weighted by atomic mass is 10.0. The summed E-state index contributed by atoms with van der Waals surface area (Å²) in [4.78, 5) is 24.4. The number of nitrogens with one attached hydrogen (secondary N) is 2. The van der Waals surface area contributed by atoms with Crippen molar-refractivity contribution in [1.82, 2.24) is 0 Å². The third-order valence-corrected chi connectivity index (χ3v) is 5.09. The number of thioether (sulfide) groups is 1. The fourth-order valence-corrected chi connectivity index (χ4v) is 3.48. The molecule has 0 bridgehead atoms. The van der Waals surface area contributed by atoms with Crippen molar-refractivity contribution >= 4 is 35.0 Å². The van der Waals surface area contributed by atoms with Gasteiger partial charge in [0.25, 0.3) is 0 Å². The van der Waals surface area contributed by atoms with Crippen LogP contribution in [0.15, 0.2) is 83.8 Å². The van der Waals surface area contributed by atoms with Gasteiger partial charge >= 0.3 is 0 Å². The molecule has 28 heavy (non-hydrogen) atoms. The van der Waals surface area contributed by atoms with E-state index in [1.165, 1.54) is 24.2 Å². The molecular formula is C23H22N2O2S. The van der Waals surface area contributed by atoms with Gasteiger partial charge in [-0.2, -0.15) is 0 Å². The summed E-state index contributed by atoms with van der Waals surface area (Å²) in [6.45, 7) is 1.47. The van der Waals surface area contributed by atoms with Crippen LogP contribution in [-0.2, 0) is 16.0 Å². The third-order valence-electron chi connectivity index (χ3n) is 4.07. The first-order valence-electron chi connectivity index (χ1n) is 9.02. The number of anilines is 2. The van der Waals surface area contributed by atoms with Crippen LogP contribution in [0.2, 0.25) is 0 Å². The first kappa shape index (κ1) is 19.7. The Morgan fingerprint density at radius 2 is 1.50 bits per heavy atom. The minimum Gasteiger partial charge on any atom is -0.326 e. The zero-order valence-electron chi connectivity index (χ0n) is 15.6. The van der Waals surface area contributed by atoms with E-state index in [9.17, 15) is 9.59 Å². The standard InChI is InChI=1S/C23H22N2O2S/c1-17(26)24-20-11-13-21(14-12-20)28-16-23(27)25-22-10-6-5-9-19(22)15-18-7-3-2-4-8-18/h2-14H,15-16H2,1H3,(H,24,26)(H,25,27). The normalized spacial score (nSPS) is 10.3. The van der Waals surface area contributed by atoms with Crippen LogP contribution in [0.3, 0.4) is 0 Å². The van der Waals surface area contributed by atoms with Gasteiger partial charge in [-0.05, 0) is 47.9 Å². The Labute approximate surface area is 169 Å². The van der Waals surface area contributed by atoms with E-state index >= 15 is 0 Å². The third kappa shape index (κ3) is 5.99. The van der Waals surface area contributed by atoms with E-state index in [1.54, 1.807) is 0 Å². The fourth-order valence-electron chi connectivity index (χ4n) is 2.79. The van der Waals surface area contributed by atoms with Gasteiger partial charge in [0.1, 0.15) is 0 Å². The zero-order valence-corrected chi connectivity index (χ0v) is 16.5. The van der Waals surface area contributed by atoms with Gasteiger partial charge in [-0.15, -0.1) is 11.8 Å². The number of amides is 2. The molecule has 0 atom stereocenters. The molecule has 0 radical (unpaired) electrons. The Kier molecular flexibility index (Phi) is 6.87. The predicted octanol–water partition coefficient (Wildman–Crippen LogP) is 4.97. The van der Waals surface area contributed by atoms with Crippen LogP contribution in [0, 0.1) is 0 Å². The second-order valence-electron chi connectivity index (χ2n) is 6.36. The molecule has 0 unspecified atom stereocenters. The molecule has 0 aliphatic carbocycles. The van der Waals surface area contributed by atoms with E-state index in [0.29, 0.717) is 5.75 Å². The quantitative estimate of drug-likeness (QED) is 0.560. The van der Waals surface area contributed by atoms with Gasteiger partial charge in [-0.1, -0.05) is 48.5 Å². The van der Waals surface area contributed by atoms with Crippen LogP contribution in [0.4, 0.5) is 11.4 Å². The van der Waals surface area contributed by atoms with Gasteiger partial charge in [0.15, 0.2) is 0 Å². The number of benzene rings is 3. The van der Waals surface area contributed by atoms with Crippen molar-refractivity contribution in [3.8, 4) is 0 Å². The smallest absolute Gasteiger partial charge is 0.234 e. The minimum absolute atomic E-state index is 0.0450. The summed E-state index contributed by atoms with van der Waals surface area (Å²) in [5.74, 6) is 0.171. The molecule has 0 saturated carbocycles. The molecule has 0 aromatic heterocycles. The second kappa shape index (κ2) is 9.76. The van der Waals surface area contributed by atoms with E-state index in [2.05, 4.69) is 22.8 Å². The molecule has 3 aromatic rings. The minimum atomic E-state index is -0.103. The molecule has 0 heterocycles. The topological polar surface area (TPSA) is 58.2 Å². The number of hydrogen-bond donors (Lipinski definition) is 2. The Bertz CT molecular complexity index is 940. The van der Waals surface area contributed by atoms with Crippen molar-refractivity contribution in [2.75, 3.05) is 16.4 Å². The first-order chi connectivity index (χ1) is 13.6. The van der Waals surface area contributed by atoms with Gasteiger partial charge in [0.2, 0.25) is 11.8 Å². The van der Waals surface area contributed by atoms with Crippen molar-refractivity contribution in [1.29, 1.82) is 0 Å². The van der Waals surface area contributed by atoms with Crippen molar-refractivity contribution in [3.63, 3.8) is 0 Å². The lowest BCUT2D eigenvalue weighted by molar-refractivity contribution is -0.114. The van der Waals surface area contributed by atoms with Crippen LogP contribution in [0.5, 0.6) is 0 Å². The maximum absolute atomic E-state index is 12.4. The van der Waals surface area contributed by atoms with E-state index in [1.807, 2.05) is 66.7 Å². The predicted molar refractivity (Wildman–Crippen MR) is 116 cm³/mol. The number of para-hydroxylation sites is 1. The summed E-state index contributed by atoms with van der Waals surface area (Å²) in [5, 5.41) is 5.75. The molecule has 0 aliphatic heterocycles. The number of rotatable bonds is 7. The molecule has 142 valence electrons. The maximum atomic E-state index is 12.4.